The van der Waals surface area contributed by atoms with Crippen molar-refractivity contribution in [2.24, 2.45) is 5.41 Å². The summed E-state index contributed by atoms with van der Waals surface area (Å²) in [6, 6.07) is 9.45. The van der Waals surface area contributed by atoms with Gasteiger partial charge < -0.3 is 9.84 Å². The summed E-state index contributed by atoms with van der Waals surface area (Å²) in [4.78, 5) is 0. The van der Waals surface area contributed by atoms with Gasteiger partial charge in [0.15, 0.2) is 0 Å². The van der Waals surface area contributed by atoms with Crippen molar-refractivity contribution in [2.45, 2.75) is 37.6 Å². The molecule has 0 aromatic heterocycles. The first-order valence-electron chi connectivity index (χ1n) is 6.16. The van der Waals surface area contributed by atoms with E-state index in [4.69, 9.17) is 16.3 Å². The van der Waals surface area contributed by atoms with E-state index in [9.17, 15) is 10.4 Å². The van der Waals surface area contributed by atoms with Gasteiger partial charge in [-0.15, -0.1) is 0 Å². The molecule has 1 N–H and O–H groups in total. The Morgan fingerprint density at radius 2 is 2.22 bits per heavy atom. The first-order chi connectivity index (χ1) is 8.67. The normalized spacial score (nSPS) is 35.4. The van der Waals surface area contributed by atoms with Crippen molar-refractivity contribution >= 4 is 11.6 Å². The summed E-state index contributed by atoms with van der Waals surface area (Å²) in [5, 5.41) is 20.6. The number of ether oxygens (including phenoxy) is 1. The first kappa shape index (κ1) is 12.0. The average Bonchev–Trinajstić information content (AvgIpc) is 2.99. The van der Waals surface area contributed by atoms with E-state index in [-0.39, 0.29) is 12.2 Å². The maximum atomic E-state index is 10.6. The van der Waals surface area contributed by atoms with Crippen molar-refractivity contribution in [1.82, 2.24) is 0 Å². The van der Waals surface area contributed by atoms with Crippen LogP contribution in [0.4, 0.5) is 0 Å². The molecule has 1 aromatic rings. The molecule has 4 unspecified atom stereocenters. The van der Waals surface area contributed by atoms with E-state index in [2.05, 4.69) is 6.07 Å². The Morgan fingerprint density at radius 1 is 1.44 bits per heavy atom. The summed E-state index contributed by atoms with van der Waals surface area (Å²) >= 11 is 6.11. The van der Waals surface area contributed by atoms with Gasteiger partial charge in [-0.3, -0.25) is 0 Å². The van der Waals surface area contributed by atoms with Crippen molar-refractivity contribution in [3.8, 4) is 6.07 Å². The topological polar surface area (TPSA) is 53.2 Å². The molecule has 94 valence electrons. The molecule has 2 aliphatic rings. The number of aliphatic hydroxyl groups excluding tert-OH is 1. The molecule has 0 spiro atoms. The van der Waals surface area contributed by atoms with Crippen LogP contribution in [0.5, 0.6) is 0 Å². The van der Waals surface area contributed by atoms with Gasteiger partial charge >= 0.3 is 0 Å². The van der Waals surface area contributed by atoms with Crippen LogP contribution in [0, 0.1) is 16.7 Å². The Labute approximate surface area is 111 Å². The van der Waals surface area contributed by atoms with Crippen molar-refractivity contribution in [3.63, 3.8) is 0 Å². The van der Waals surface area contributed by atoms with Crippen LogP contribution in [-0.2, 0) is 4.74 Å². The highest BCUT2D eigenvalue weighted by Gasteiger charge is 2.57. The number of nitriles is 1. The molecule has 1 aromatic carbocycles. The van der Waals surface area contributed by atoms with Crippen molar-refractivity contribution in [3.05, 3.63) is 34.9 Å². The third kappa shape index (κ3) is 1.57. The number of hydrogen-bond acceptors (Lipinski definition) is 3. The molecule has 2 bridgehead atoms. The summed E-state index contributed by atoms with van der Waals surface area (Å²) in [6.45, 7) is 0. The standard InChI is InChI=1S/C14H14ClNO2/c15-11-4-2-1-3-10(11)13(17)14(8-16)7-9-5-6-12(14)18-9/h1-4,9,12-13,17H,5-7H2. The fourth-order valence-corrected chi connectivity index (χ4v) is 3.42. The van der Waals surface area contributed by atoms with Crippen LogP contribution in [0.2, 0.25) is 5.02 Å². The lowest BCUT2D eigenvalue weighted by Gasteiger charge is -2.33. The van der Waals surface area contributed by atoms with Crippen LogP contribution in [0.15, 0.2) is 24.3 Å². The third-order valence-electron chi connectivity index (χ3n) is 4.14. The summed E-state index contributed by atoms with van der Waals surface area (Å²) < 4.78 is 5.74. The van der Waals surface area contributed by atoms with E-state index in [1.165, 1.54) is 0 Å². The number of fused-ring (bicyclic) bond motifs is 2. The molecular weight excluding hydrogens is 250 g/mol. The van der Waals surface area contributed by atoms with Gasteiger partial charge in [-0.05, 0) is 25.3 Å². The fraction of sp³-hybridized carbons (Fsp3) is 0.500. The van der Waals surface area contributed by atoms with Gasteiger partial charge in [0.25, 0.3) is 0 Å². The molecule has 2 heterocycles. The van der Waals surface area contributed by atoms with Crippen LogP contribution in [0.3, 0.4) is 0 Å². The lowest BCUT2D eigenvalue weighted by Crippen LogP contribution is -2.37. The minimum absolute atomic E-state index is 0.117. The van der Waals surface area contributed by atoms with Crippen LogP contribution in [-0.4, -0.2) is 17.3 Å². The number of rotatable bonds is 2. The van der Waals surface area contributed by atoms with Gasteiger partial charge in [-0.25, -0.2) is 0 Å². The summed E-state index contributed by atoms with van der Waals surface area (Å²) in [5.41, 5.74) is -0.217. The summed E-state index contributed by atoms with van der Waals surface area (Å²) in [6.07, 6.45) is 1.50. The molecule has 3 nitrogen and oxygen atoms in total. The first-order valence-corrected chi connectivity index (χ1v) is 6.54. The van der Waals surface area contributed by atoms with Gasteiger partial charge in [-0.1, -0.05) is 29.8 Å². The maximum absolute atomic E-state index is 10.6. The van der Waals surface area contributed by atoms with E-state index in [0.29, 0.717) is 17.0 Å². The van der Waals surface area contributed by atoms with E-state index >= 15 is 0 Å². The minimum Gasteiger partial charge on any atom is -0.387 e. The van der Waals surface area contributed by atoms with Crippen LogP contribution < -0.4 is 0 Å². The zero-order valence-electron chi connectivity index (χ0n) is 9.84. The van der Waals surface area contributed by atoms with Crippen molar-refractivity contribution in [2.75, 3.05) is 0 Å². The second kappa shape index (κ2) is 4.24. The zero-order valence-corrected chi connectivity index (χ0v) is 10.6. The van der Waals surface area contributed by atoms with E-state index < -0.39 is 11.5 Å². The lowest BCUT2D eigenvalue weighted by atomic mass is 9.69. The molecule has 2 fully saturated rings. The van der Waals surface area contributed by atoms with Gasteiger partial charge in [0.1, 0.15) is 11.5 Å². The maximum Gasteiger partial charge on any atom is 0.116 e. The van der Waals surface area contributed by atoms with Crippen molar-refractivity contribution in [1.29, 1.82) is 5.26 Å². The Hall–Kier alpha value is -1.08. The Balaban J connectivity index is 1.99. The van der Waals surface area contributed by atoms with Gasteiger partial charge in [0, 0.05) is 10.6 Å². The predicted octanol–water partition coefficient (Wildman–Crippen LogP) is 2.83. The van der Waals surface area contributed by atoms with E-state index in [1.54, 1.807) is 12.1 Å². The third-order valence-corrected chi connectivity index (χ3v) is 4.49. The fourth-order valence-electron chi connectivity index (χ4n) is 3.18. The average molecular weight is 264 g/mol. The molecule has 0 aliphatic carbocycles. The number of nitrogens with zero attached hydrogens (tertiary/aromatic N) is 1. The predicted molar refractivity (Wildman–Crippen MR) is 67.0 cm³/mol. The molecule has 0 amide bonds. The van der Waals surface area contributed by atoms with Crippen LogP contribution >= 0.6 is 11.6 Å². The SMILES string of the molecule is N#CC1(C(O)c2ccccc2Cl)CC2CCC1O2. The second-order valence-electron chi connectivity index (χ2n) is 5.10. The molecule has 4 atom stereocenters. The highest BCUT2D eigenvalue weighted by molar-refractivity contribution is 6.31. The van der Waals surface area contributed by atoms with Crippen LogP contribution in [0.25, 0.3) is 0 Å². The van der Waals surface area contributed by atoms with Gasteiger partial charge in [0.2, 0.25) is 0 Å². The number of benzene rings is 1. The quantitative estimate of drug-likeness (QED) is 0.893. The number of hydrogen-bond donors (Lipinski definition) is 1. The Kier molecular flexibility index (Phi) is 2.82. The van der Waals surface area contributed by atoms with E-state index in [0.717, 1.165) is 12.8 Å². The smallest absolute Gasteiger partial charge is 0.116 e. The Bertz CT molecular complexity index is 513. The monoisotopic (exact) mass is 263 g/mol. The molecule has 4 heteroatoms. The van der Waals surface area contributed by atoms with Crippen molar-refractivity contribution < 1.29 is 9.84 Å². The summed E-state index contributed by atoms with van der Waals surface area (Å²) in [7, 11) is 0. The second-order valence-corrected chi connectivity index (χ2v) is 5.51. The molecule has 18 heavy (non-hydrogen) atoms. The zero-order chi connectivity index (χ0) is 12.8. The van der Waals surface area contributed by atoms with Gasteiger partial charge in [0.05, 0.1) is 18.3 Å². The number of aliphatic hydroxyl groups is 1. The Morgan fingerprint density at radius 3 is 2.78 bits per heavy atom. The highest BCUT2D eigenvalue weighted by Crippen LogP contribution is 2.54. The molecule has 3 rings (SSSR count). The lowest BCUT2D eigenvalue weighted by molar-refractivity contribution is 0.00347. The minimum atomic E-state index is -0.883. The molecule has 0 radical (unpaired) electrons. The molecule has 0 saturated carbocycles. The van der Waals surface area contributed by atoms with Crippen LogP contribution in [0.1, 0.15) is 30.9 Å². The highest BCUT2D eigenvalue weighted by atomic mass is 35.5. The molecule has 2 saturated heterocycles. The molecular formula is C14H14ClNO2. The number of halogens is 1. The summed E-state index contributed by atoms with van der Waals surface area (Å²) in [5.74, 6) is 0. The molecule has 2 aliphatic heterocycles. The largest absolute Gasteiger partial charge is 0.387 e. The van der Waals surface area contributed by atoms with Gasteiger partial charge in [-0.2, -0.15) is 5.26 Å². The van der Waals surface area contributed by atoms with E-state index in [1.807, 2.05) is 12.1 Å².